The van der Waals surface area contributed by atoms with Gasteiger partial charge in [-0.2, -0.15) is 0 Å². The molecule has 5 nitrogen and oxygen atoms in total. The van der Waals surface area contributed by atoms with Gasteiger partial charge in [-0.3, -0.25) is 4.79 Å². The molecule has 152 valence electrons. The van der Waals surface area contributed by atoms with Crippen LogP contribution in [0, 0.1) is 0 Å². The molecule has 3 aromatic rings. The number of H-pyrrole nitrogens is 1. The highest BCUT2D eigenvalue weighted by Crippen LogP contribution is 2.42. The monoisotopic (exact) mass is 400 g/mol. The first-order valence-corrected chi connectivity index (χ1v) is 10.2. The number of hydrogen-bond donors (Lipinski definition) is 2. The lowest BCUT2D eigenvalue weighted by molar-refractivity contribution is -0.110. The van der Waals surface area contributed by atoms with E-state index in [9.17, 15) is 4.79 Å². The number of carbonyl (C=O) groups excluding carboxylic acids is 1. The first kappa shape index (κ1) is 18.6. The number of fused-ring (bicyclic) bond motifs is 2. The summed E-state index contributed by atoms with van der Waals surface area (Å²) in [6.45, 7) is 0. The summed E-state index contributed by atoms with van der Waals surface area (Å²) in [6, 6.07) is 16.5. The number of rotatable bonds is 4. The molecule has 0 fully saturated rings. The van der Waals surface area contributed by atoms with Crippen LogP contribution in [0.2, 0.25) is 0 Å². The average molecular weight is 400 g/mol. The van der Waals surface area contributed by atoms with Crippen LogP contribution >= 0.6 is 0 Å². The lowest BCUT2D eigenvalue weighted by Gasteiger charge is -2.22. The number of ether oxygens (including phenoxy) is 2. The summed E-state index contributed by atoms with van der Waals surface area (Å²) in [5.41, 5.74) is 7.10. The van der Waals surface area contributed by atoms with Crippen molar-refractivity contribution in [2.75, 3.05) is 19.5 Å². The summed E-state index contributed by atoms with van der Waals surface area (Å²) in [6.07, 6.45) is 5.28. The molecule has 1 aliphatic carbocycles. The molecule has 0 radical (unpaired) electrons. The molecule has 2 heterocycles. The third-order valence-corrected chi connectivity index (χ3v) is 6.06. The van der Waals surface area contributed by atoms with Crippen LogP contribution in [0.1, 0.15) is 46.8 Å². The summed E-state index contributed by atoms with van der Waals surface area (Å²) >= 11 is 0. The van der Waals surface area contributed by atoms with E-state index in [1.54, 1.807) is 20.3 Å². The Morgan fingerprint density at radius 1 is 1.03 bits per heavy atom. The number of benzene rings is 2. The number of amides is 1. The minimum Gasteiger partial charge on any atom is -0.493 e. The van der Waals surface area contributed by atoms with Crippen molar-refractivity contribution < 1.29 is 14.3 Å². The quantitative estimate of drug-likeness (QED) is 0.606. The van der Waals surface area contributed by atoms with E-state index in [0.29, 0.717) is 23.0 Å². The van der Waals surface area contributed by atoms with Gasteiger partial charge >= 0.3 is 0 Å². The van der Waals surface area contributed by atoms with Crippen molar-refractivity contribution in [1.29, 1.82) is 0 Å². The topological polar surface area (TPSA) is 63.4 Å². The zero-order valence-electron chi connectivity index (χ0n) is 17.1. The number of aromatic nitrogens is 1. The molecular formula is C25H24N2O3. The molecule has 0 bridgehead atoms. The molecule has 0 saturated heterocycles. The molecule has 30 heavy (non-hydrogen) atoms. The van der Waals surface area contributed by atoms with E-state index < -0.39 is 0 Å². The molecule has 0 spiro atoms. The molecule has 1 aliphatic heterocycles. The van der Waals surface area contributed by atoms with Crippen molar-refractivity contribution in [3.05, 3.63) is 76.6 Å². The van der Waals surface area contributed by atoms with Gasteiger partial charge in [-0.1, -0.05) is 30.3 Å². The maximum Gasteiger partial charge on any atom is 0.256 e. The smallest absolute Gasteiger partial charge is 0.256 e. The first-order valence-electron chi connectivity index (χ1n) is 10.2. The van der Waals surface area contributed by atoms with Crippen LogP contribution in [0.3, 0.4) is 0 Å². The zero-order chi connectivity index (χ0) is 20.7. The highest BCUT2D eigenvalue weighted by Gasteiger charge is 2.28. The van der Waals surface area contributed by atoms with Gasteiger partial charge in [-0.05, 0) is 48.6 Å². The van der Waals surface area contributed by atoms with Gasteiger partial charge in [0.2, 0.25) is 0 Å². The summed E-state index contributed by atoms with van der Waals surface area (Å²) in [5, 5.41) is 2.93. The van der Waals surface area contributed by atoms with Gasteiger partial charge in [0, 0.05) is 28.9 Å². The second kappa shape index (κ2) is 7.41. The van der Waals surface area contributed by atoms with E-state index >= 15 is 0 Å². The minimum atomic E-state index is -0.118. The van der Waals surface area contributed by atoms with E-state index in [1.807, 2.05) is 12.1 Å². The van der Waals surface area contributed by atoms with Crippen LogP contribution in [0.4, 0.5) is 5.69 Å². The Kier molecular flexibility index (Phi) is 4.58. The van der Waals surface area contributed by atoms with Gasteiger partial charge in [0.25, 0.3) is 5.91 Å². The SMILES string of the molecule is COc1cc2c(cc1OC)C(=Cc1cc3c([nH]1)CCCC3c1ccccc1)C(=O)N2. The van der Waals surface area contributed by atoms with E-state index in [4.69, 9.17) is 9.47 Å². The van der Waals surface area contributed by atoms with Crippen LogP contribution in [0.15, 0.2) is 48.5 Å². The molecule has 2 aliphatic rings. The zero-order valence-corrected chi connectivity index (χ0v) is 17.1. The first-order chi connectivity index (χ1) is 14.7. The Hall–Kier alpha value is -3.47. The molecule has 1 atom stereocenters. The second-order valence-corrected chi connectivity index (χ2v) is 7.78. The third-order valence-electron chi connectivity index (χ3n) is 6.06. The van der Waals surface area contributed by atoms with E-state index in [-0.39, 0.29) is 5.91 Å². The fourth-order valence-corrected chi connectivity index (χ4v) is 4.62. The number of anilines is 1. The van der Waals surface area contributed by atoms with Gasteiger partial charge in [-0.15, -0.1) is 0 Å². The highest BCUT2D eigenvalue weighted by molar-refractivity contribution is 6.35. The number of methoxy groups -OCH3 is 2. The average Bonchev–Trinajstić information content (AvgIpc) is 3.33. The fraction of sp³-hybridized carbons (Fsp3) is 0.240. The molecule has 5 heteroatoms. The van der Waals surface area contributed by atoms with Crippen molar-refractivity contribution in [3.63, 3.8) is 0 Å². The molecular weight excluding hydrogens is 376 g/mol. The Bertz CT molecular complexity index is 1140. The largest absolute Gasteiger partial charge is 0.493 e. The predicted molar refractivity (Wildman–Crippen MR) is 118 cm³/mol. The molecule has 2 aromatic carbocycles. The van der Waals surface area contributed by atoms with Crippen LogP contribution in [0.25, 0.3) is 11.6 Å². The fourth-order valence-electron chi connectivity index (χ4n) is 4.62. The molecule has 2 N–H and O–H groups in total. The number of nitrogens with one attached hydrogen (secondary N) is 2. The summed E-state index contributed by atoms with van der Waals surface area (Å²) in [4.78, 5) is 16.2. The standard InChI is InChI=1S/C25H24N2O3/c1-29-23-13-19-20(25(28)27-22(19)14-24(23)30-2)12-16-11-18-17(9-6-10-21(18)26-16)15-7-4-3-5-8-15/h3-5,7-8,11-14,17,26H,6,9-10H2,1-2H3,(H,27,28). The van der Waals surface area contributed by atoms with Crippen LogP contribution in [-0.2, 0) is 11.2 Å². The summed E-state index contributed by atoms with van der Waals surface area (Å²) in [5.74, 6) is 1.48. The van der Waals surface area contributed by atoms with E-state index in [2.05, 4.69) is 46.7 Å². The Balaban J connectivity index is 1.55. The van der Waals surface area contributed by atoms with Gasteiger partial charge in [0.1, 0.15) is 0 Å². The maximum absolute atomic E-state index is 12.7. The van der Waals surface area contributed by atoms with Crippen molar-refractivity contribution in [2.24, 2.45) is 0 Å². The van der Waals surface area contributed by atoms with Crippen LogP contribution in [0.5, 0.6) is 11.5 Å². The maximum atomic E-state index is 12.7. The van der Waals surface area contributed by atoms with Crippen molar-refractivity contribution in [3.8, 4) is 11.5 Å². The Morgan fingerprint density at radius 2 is 1.80 bits per heavy atom. The number of aryl methyl sites for hydroxylation is 1. The van der Waals surface area contributed by atoms with Gasteiger partial charge in [0.15, 0.2) is 11.5 Å². The van der Waals surface area contributed by atoms with Crippen LogP contribution < -0.4 is 14.8 Å². The predicted octanol–water partition coefficient (Wildman–Crippen LogP) is 4.99. The number of hydrogen-bond acceptors (Lipinski definition) is 3. The number of aromatic amines is 1. The van der Waals surface area contributed by atoms with Gasteiger partial charge in [0.05, 0.1) is 25.5 Å². The van der Waals surface area contributed by atoms with E-state index in [1.165, 1.54) is 16.8 Å². The van der Waals surface area contributed by atoms with Crippen molar-refractivity contribution in [1.82, 2.24) is 4.98 Å². The summed E-state index contributed by atoms with van der Waals surface area (Å²) < 4.78 is 10.8. The van der Waals surface area contributed by atoms with Gasteiger partial charge in [-0.25, -0.2) is 0 Å². The van der Waals surface area contributed by atoms with Gasteiger partial charge < -0.3 is 19.8 Å². The van der Waals surface area contributed by atoms with Crippen molar-refractivity contribution in [2.45, 2.75) is 25.2 Å². The lowest BCUT2D eigenvalue weighted by atomic mass is 9.82. The van der Waals surface area contributed by atoms with Crippen LogP contribution in [-0.4, -0.2) is 25.1 Å². The Morgan fingerprint density at radius 3 is 2.57 bits per heavy atom. The normalized spacial score (nSPS) is 18.7. The lowest BCUT2D eigenvalue weighted by Crippen LogP contribution is -2.09. The van der Waals surface area contributed by atoms with Crippen molar-refractivity contribution >= 4 is 23.2 Å². The minimum absolute atomic E-state index is 0.118. The molecule has 1 amide bonds. The third kappa shape index (κ3) is 3.07. The van der Waals surface area contributed by atoms with E-state index in [0.717, 1.165) is 36.2 Å². The Labute approximate surface area is 175 Å². The summed E-state index contributed by atoms with van der Waals surface area (Å²) in [7, 11) is 3.19. The number of carbonyl (C=O) groups is 1. The highest BCUT2D eigenvalue weighted by atomic mass is 16.5. The molecule has 1 aromatic heterocycles. The second-order valence-electron chi connectivity index (χ2n) is 7.78. The molecule has 0 saturated carbocycles. The molecule has 1 unspecified atom stereocenters. The molecule has 5 rings (SSSR count).